The molecule has 2 amide bonds. The van der Waals surface area contributed by atoms with Crippen LogP contribution in [0.25, 0.3) is 4.85 Å². The SMILES string of the molecule is [C-]#[N+]c1ccc(Cn2ccc3c(c2=O)N(C(=O)[C@@H](NC(=O)[C@H](C)NC)C2CCCCC2)CC3)cc1. The quantitative estimate of drug-likeness (QED) is 0.603. The Morgan fingerprint density at radius 1 is 1.14 bits per heavy atom. The van der Waals surface area contributed by atoms with Crippen molar-refractivity contribution in [2.75, 3.05) is 18.5 Å². The first kappa shape index (κ1) is 24.7. The number of hydrogen-bond donors (Lipinski definition) is 2. The highest BCUT2D eigenvalue weighted by atomic mass is 16.2. The van der Waals surface area contributed by atoms with Crippen LogP contribution in [-0.4, -0.2) is 42.1 Å². The topological polar surface area (TPSA) is 87.8 Å². The molecule has 1 aromatic heterocycles. The van der Waals surface area contributed by atoms with Gasteiger partial charge in [-0.25, -0.2) is 4.85 Å². The Bertz CT molecular complexity index is 1170. The fraction of sp³-hybridized carbons (Fsp3) is 0.481. The second-order valence-electron chi connectivity index (χ2n) is 9.54. The van der Waals surface area contributed by atoms with Crippen molar-refractivity contribution in [1.29, 1.82) is 0 Å². The number of anilines is 1. The molecular formula is C27H33N5O3. The molecule has 2 heterocycles. The van der Waals surface area contributed by atoms with Crippen LogP contribution in [-0.2, 0) is 22.6 Å². The zero-order valence-corrected chi connectivity index (χ0v) is 20.4. The monoisotopic (exact) mass is 475 g/mol. The van der Waals surface area contributed by atoms with Crippen LogP contribution >= 0.6 is 0 Å². The average molecular weight is 476 g/mol. The second-order valence-corrected chi connectivity index (χ2v) is 9.54. The molecule has 0 saturated heterocycles. The van der Waals surface area contributed by atoms with Crippen LogP contribution < -0.4 is 21.1 Å². The lowest BCUT2D eigenvalue weighted by Gasteiger charge is -2.33. The van der Waals surface area contributed by atoms with Crippen LogP contribution in [0, 0.1) is 12.5 Å². The molecule has 2 aliphatic rings. The molecule has 2 atom stereocenters. The number of carbonyl (C=O) groups is 2. The predicted octanol–water partition coefficient (Wildman–Crippen LogP) is 3.01. The Hall–Kier alpha value is -3.44. The van der Waals surface area contributed by atoms with E-state index in [0.29, 0.717) is 30.9 Å². The van der Waals surface area contributed by atoms with E-state index < -0.39 is 12.1 Å². The van der Waals surface area contributed by atoms with E-state index in [-0.39, 0.29) is 23.3 Å². The van der Waals surface area contributed by atoms with Crippen molar-refractivity contribution in [3.63, 3.8) is 0 Å². The van der Waals surface area contributed by atoms with Crippen LogP contribution in [0.2, 0.25) is 0 Å². The normalized spacial score (nSPS) is 17.3. The van der Waals surface area contributed by atoms with Crippen molar-refractivity contribution < 1.29 is 9.59 Å². The van der Waals surface area contributed by atoms with Gasteiger partial charge in [-0.2, -0.15) is 0 Å². The second kappa shape index (κ2) is 10.9. The van der Waals surface area contributed by atoms with Gasteiger partial charge in [-0.3, -0.25) is 14.4 Å². The zero-order valence-electron chi connectivity index (χ0n) is 20.4. The number of aromatic nitrogens is 1. The summed E-state index contributed by atoms with van der Waals surface area (Å²) < 4.78 is 1.61. The smallest absolute Gasteiger partial charge is 0.275 e. The summed E-state index contributed by atoms with van der Waals surface area (Å²) in [5.41, 5.74) is 2.53. The number of nitrogens with one attached hydrogen (secondary N) is 2. The third kappa shape index (κ3) is 5.30. The van der Waals surface area contributed by atoms with E-state index in [0.717, 1.165) is 43.2 Å². The Balaban J connectivity index is 1.61. The zero-order chi connectivity index (χ0) is 24.9. The number of amides is 2. The van der Waals surface area contributed by atoms with Crippen molar-refractivity contribution in [2.45, 2.75) is 64.1 Å². The number of pyridine rings is 1. The lowest BCUT2D eigenvalue weighted by atomic mass is 9.83. The van der Waals surface area contributed by atoms with Crippen molar-refractivity contribution in [1.82, 2.24) is 15.2 Å². The Morgan fingerprint density at radius 2 is 1.86 bits per heavy atom. The number of fused-ring (bicyclic) bond motifs is 1. The highest BCUT2D eigenvalue weighted by molar-refractivity contribution is 6.01. The molecule has 2 N–H and O–H groups in total. The average Bonchev–Trinajstić information content (AvgIpc) is 3.34. The van der Waals surface area contributed by atoms with Crippen molar-refractivity contribution >= 4 is 23.2 Å². The van der Waals surface area contributed by atoms with Gasteiger partial charge in [0, 0.05) is 12.7 Å². The molecule has 0 unspecified atom stereocenters. The number of carbonyl (C=O) groups excluding carboxylic acids is 2. The lowest BCUT2D eigenvalue weighted by molar-refractivity contribution is -0.130. The summed E-state index contributed by atoms with van der Waals surface area (Å²) in [4.78, 5) is 45.1. The lowest BCUT2D eigenvalue weighted by Crippen LogP contribution is -2.56. The van der Waals surface area contributed by atoms with Gasteiger partial charge in [0.15, 0.2) is 5.69 Å². The number of rotatable bonds is 7. The fourth-order valence-corrected chi connectivity index (χ4v) is 5.08. The van der Waals surface area contributed by atoms with E-state index in [2.05, 4.69) is 15.5 Å². The maximum Gasteiger partial charge on any atom is 0.275 e. The van der Waals surface area contributed by atoms with Gasteiger partial charge in [0.2, 0.25) is 11.8 Å². The Kier molecular flexibility index (Phi) is 7.67. The Morgan fingerprint density at radius 3 is 2.51 bits per heavy atom. The van der Waals surface area contributed by atoms with Gasteiger partial charge >= 0.3 is 0 Å². The molecule has 1 aromatic carbocycles. The van der Waals surface area contributed by atoms with E-state index in [1.165, 1.54) is 0 Å². The minimum absolute atomic E-state index is 0.0696. The van der Waals surface area contributed by atoms with Crippen molar-refractivity contribution in [2.24, 2.45) is 5.92 Å². The standard InChI is InChI=1S/C27H33N5O3/c1-18(28-2)25(33)30-23(20-7-5-4-6-8-20)26(34)32-16-14-21-13-15-31(27(35)24(21)32)17-19-9-11-22(29-3)12-10-19/h9-13,15,18,20,23,28H,4-8,14,16-17H2,1-2H3,(H,30,33)/t18-,23-/m0/s1. The van der Waals surface area contributed by atoms with Gasteiger partial charge < -0.3 is 20.1 Å². The van der Waals surface area contributed by atoms with E-state index in [4.69, 9.17) is 6.57 Å². The van der Waals surface area contributed by atoms with Gasteiger partial charge in [0.05, 0.1) is 19.2 Å². The molecule has 184 valence electrons. The van der Waals surface area contributed by atoms with Gasteiger partial charge in [0.25, 0.3) is 5.56 Å². The van der Waals surface area contributed by atoms with Gasteiger partial charge in [0.1, 0.15) is 11.7 Å². The van der Waals surface area contributed by atoms with Crippen molar-refractivity contribution in [3.05, 3.63) is 69.4 Å². The molecule has 35 heavy (non-hydrogen) atoms. The van der Waals surface area contributed by atoms with Crippen LogP contribution in [0.15, 0.2) is 41.3 Å². The van der Waals surface area contributed by atoms with Gasteiger partial charge in [-0.1, -0.05) is 43.5 Å². The summed E-state index contributed by atoms with van der Waals surface area (Å²) in [6.45, 7) is 9.67. The molecule has 1 fully saturated rings. The van der Waals surface area contributed by atoms with E-state index in [1.54, 1.807) is 41.8 Å². The molecule has 2 aromatic rings. The maximum atomic E-state index is 13.9. The van der Waals surface area contributed by atoms with Crippen LogP contribution in [0.1, 0.15) is 50.2 Å². The number of nitrogens with zero attached hydrogens (tertiary/aromatic N) is 3. The maximum absolute atomic E-state index is 13.9. The highest BCUT2D eigenvalue weighted by Gasteiger charge is 2.38. The first-order chi connectivity index (χ1) is 16.9. The summed E-state index contributed by atoms with van der Waals surface area (Å²) in [7, 11) is 1.72. The third-order valence-corrected chi connectivity index (χ3v) is 7.29. The summed E-state index contributed by atoms with van der Waals surface area (Å²) in [5, 5.41) is 5.94. The largest absolute Gasteiger partial charge is 0.343 e. The minimum atomic E-state index is -0.640. The summed E-state index contributed by atoms with van der Waals surface area (Å²) >= 11 is 0. The number of likely N-dealkylation sites (N-methyl/N-ethyl adjacent to an activating group) is 1. The molecular weight excluding hydrogens is 442 g/mol. The molecule has 1 aliphatic carbocycles. The van der Waals surface area contributed by atoms with Crippen molar-refractivity contribution in [3.8, 4) is 0 Å². The summed E-state index contributed by atoms with van der Waals surface area (Å²) in [6.07, 6.45) is 7.41. The summed E-state index contributed by atoms with van der Waals surface area (Å²) in [5.74, 6) is -0.326. The third-order valence-electron chi connectivity index (χ3n) is 7.29. The molecule has 0 radical (unpaired) electrons. The molecule has 8 heteroatoms. The number of hydrogen-bond acceptors (Lipinski definition) is 4. The van der Waals surface area contributed by atoms with Crippen LogP contribution in [0.5, 0.6) is 0 Å². The molecule has 0 spiro atoms. The number of benzene rings is 1. The fourth-order valence-electron chi connectivity index (χ4n) is 5.08. The van der Waals surface area contributed by atoms with E-state index in [1.807, 2.05) is 18.2 Å². The summed E-state index contributed by atoms with van der Waals surface area (Å²) in [6, 6.07) is 8.01. The molecule has 0 bridgehead atoms. The van der Waals surface area contributed by atoms with E-state index >= 15 is 0 Å². The highest BCUT2D eigenvalue weighted by Crippen LogP contribution is 2.31. The first-order valence-electron chi connectivity index (χ1n) is 12.4. The minimum Gasteiger partial charge on any atom is -0.343 e. The molecule has 8 nitrogen and oxygen atoms in total. The van der Waals surface area contributed by atoms with E-state index in [9.17, 15) is 14.4 Å². The van der Waals surface area contributed by atoms with Gasteiger partial charge in [-0.05, 0) is 56.3 Å². The van der Waals surface area contributed by atoms with Crippen LogP contribution in [0.3, 0.4) is 0 Å². The molecule has 4 rings (SSSR count). The van der Waals surface area contributed by atoms with Crippen LogP contribution in [0.4, 0.5) is 11.4 Å². The first-order valence-corrected chi connectivity index (χ1v) is 12.4. The molecule has 1 aliphatic heterocycles. The molecule has 1 saturated carbocycles. The van der Waals surface area contributed by atoms with Gasteiger partial charge in [-0.15, -0.1) is 0 Å². The Labute approximate surface area is 206 Å². The predicted molar refractivity (Wildman–Crippen MR) is 136 cm³/mol.